The first-order chi connectivity index (χ1) is 20.2. The minimum Gasteiger partial charge on any atom is -0.489 e. The molecule has 3 aromatic rings. The first-order valence-corrected chi connectivity index (χ1v) is 14.2. The summed E-state index contributed by atoms with van der Waals surface area (Å²) in [5.74, 6) is -0.292. The molecule has 0 saturated carbocycles. The number of alkyl halides is 3. The number of ketones is 1. The summed E-state index contributed by atoms with van der Waals surface area (Å²) in [4.78, 5) is 15.4. The molecule has 1 aliphatic heterocycles. The minimum atomic E-state index is -4.58. The predicted molar refractivity (Wildman–Crippen MR) is 160 cm³/mol. The average molecular weight is 606 g/mol. The minimum absolute atomic E-state index is 0.00927. The zero-order chi connectivity index (χ0) is 31.3. The van der Waals surface area contributed by atoms with Crippen LogP contribution in [-0.2, 0) is 17.6 Å². The van der Waals surface area contributed by atoms with Gasteiger partial charge >= 0.3 is 6.18 Å². The Balaban J connectivity index is 1.67. The van der Waals surface area contributed by atoms with Gasteiger partial charge in [-0.3, -0.25) is 9.69 Å². The van der Waals surface area contributed by atoms with Crippen LogP contribution in [0.2, 0.25) is 5.02 Å². The third-order valence-electron chi connectivity index (χ3n) is 8.06. The number of ether oxygens (including phenoxy) is 1. The molecule has 1 unspecified atom stereocenters. The standard InChI is InChI=1S/C34H31ClF3N3O2/c1-19-12-20(2)26(13-21(19)18-43-25-10-8-23(35)9-11-25)30-27(17-39)32(40)41(24-7-5-6-22(14-24)34(36,37)38)28-15-33(3,4)16-29(42)31(28)30/h5-14,30H,15-16,18,40H2,1-4H3. The molecule has 0 spiro atoms. The van der Waals surface area contributed by atoms with Gasteiger partial charge in [-0.15, -0.1) is 0 Å². The molecule has 1 heterocycles. The molecule has 0 fully saturated rings. The number of nitrogens with two attached hydrogens (primary N) is 1. The van der Waals surface area contributed by atoms with E-state index in [0.29, 0.717) is 28.5 Å². The Morgan fingerprint density at radius 3 is 2.42 bits per heavy atom. The molecule has 43 heavy (non-hydrogen) atoms. The number of nitrogens with zero attached hydrogens (tertiary/aromatic N) is 2. The maximum absolute atomic E-state index is 13.9. The SMILES string of the molecule is Cc1cc(C)c(C2C(C#N)=C(N)N(c3cccc(C(F)(F)F)c3)C3=C2C(=O)CC(C)(C)C3)cc1COc1ccc(Cl)cc1. The smallest absolute Gasteiger partial charge is 0.416 e. The van der Waals surface area contributed by atoms with E-state index < -0.39 is 23.1 Å². The molecule has 0 saturated heterocycles. The number of Topliss-reactive ketones (excluding diaryl/α,β-unsaturated/α-hetero) is 1. The number of hydrogen-bond acceptors (Lipinski definition) is 5. The van der Waals surface area contributed by atoms with Gasteiger partial charge in [-0.1, -0.05) is 43.6 Å². The molecule has 0 amide bonds. The maximum Gasteiger partial charge on any atom is 0.416 e. The summed E-state index contributed by atoms with van der Waals surface area (Å²) in [6, 6.07) is 17.9. The topological polar surface area (TPSA) is 79.4 Å². The van der Waals surface area contributed by atoms with Gasteiger partial charge in [0.15, 0.2) is 5.78 Å². The number of hydrogen-bond donors (Lipinski definition) is 1. The summed E-state index contributed by atoms with van der Waals surface area (Å²) in [7, 11) is 0. The van der Waals surface area contributed by atoms with E-state index in [-0.39, 0.29) is 35.9 Å². The van der Waals surface area contributed by atoms with Gasteiger partial charge in [0.25, 0.3) is 0 Å². The molecule has 222 valence electrons. The van der Waals surface area contributed by atoms with Crippen molar-refractivity contribution in [3.63, 3.8) is 0 Å². The van der Waals surface area contributed by atoms with Crippen molar-refractivity contribution in [3.8, 4) is 11.8 Å². The van der Waals surface area contributed by atoms with Gasteiger partial charge < -0.3 is 10.5 Å². The summed E-state index contributed by atoms with van der Waals surface area (Å²) in [5, 5.41) is 11.0. The van der Waals surface area contributed by atoms with E-state index in [1.807, 2.05) is 39.8 Å². The van der Waals surface area contributed by atoms with Crippen LogP contribution in [0.3, 0.4) is 0 Å². The lowest BCUT2D eigenvalue weighted by Crippen LogP contribution is -2.42. The second kappa shape index (κ2) is 11.1. The Labute approximate surface area is 254 Å². The lowest BCUT2D eigenvalue weighted by atomic mass is 9.68. The quantitative estimate of drug-likeness (QED) is 0.315. The van der Waals surface area contributed by atoms with Crippen LogP contribution in [-0.4, -0.2) is 5.78 Å². The largest absolute Gasteiger partial charge is 0.489 e. The molecule has 0 bridgehead atoms. The molecule has 2 aliphatic rings. The number of allylic oxidation sites excluding steroid dienone is 3. The van der Waals surface area contributed by atoms with Gasteiger partial charge in [0.2, 0.25) is 0 Å². The highest BCUT2D eigenvalue weighted by molar-refractivity contribution is 6.30. The molecule has 5 rings (SSSR count). The zero-order valence-corrected chi connectivity index (χ0v) is 25.0. The second-order valence-corrected chi connectivity index (χ2v) is 12.3. The summed E-state index contributed by atoms with van der Waals surface area (Å²) in [5.41, 5.74) is 9.94. The lowest BCUT2D eigenvalue weighted by Gasteiger charge is -2.44. The lowest BCUT2D eigenvalue weighted by molar-refractivity contribution is -0.137. The molecule has 0 aromatic heterocycles. The van der Waals surface area contributed by atoms with Crippen LogP contribution in [0.5, 0.6) is 5.75 Å². The van der Waals surface area contributed by atoms with Gasteiger partial charge in [-0.2, -0.15) is 18.4 Å². The Morgan fingerprint density at radius 1 is 1.07 bits per heavy atom. The van der Waals surface area contributed by atoms with Crippen molar-refractivity contribution in [2.24, 2.45) is 11.1 Å². The van der Waals surface area contributed by atoms with Crippen molar-refractivity contribution in [1.29, 1.82) is 5.26 Å². The highest BCUT2D eigenvalue weighted by Gasteiger charge is 2.45. The third-order valence-corrected chi connectivity index (χ3v) is 8.31. The molecular formula is C34H31ClF3N3O2. The Hall–Kier alpha value is -4.22. The third kappa shape index (κ3) is 5.87. The van der Waals surface area contributed by atoms with E-state index in [4.69, 9.17) is 22.1 Å². The Bertz CT molecular complexity index is 1720. The van der Waals surface area contributed by atoms with Crippen molar-refractivity contribution in [1.82, 2.24) is 0 Å². The first kappa shape index (κ1) is 30.2. The van der Waals surface area contributed by atoms with Crippen molar-refractivity contribution in [2.45, 2.75) is 59.2 Å². The van der Waals surface area contributed by atoms with Crippen LogP contribution in [0.1, 0.15) is 60.4 Å². The summed E-state index contributed by atoms with van der Waals surface area (Å²) in [6.45, 7) is 7.99. The fraction of sp³-hybridized carbons (Fsp3) is 0.294. The molecular weight excluding hydrogens is 575 g/mol. The average Bonchev–Trinajstić information content (AvgIpc) is 2.92. The number of carbonyl (C=O) groups is 1. The summed E-state index contributed by atoms with van der Waals surface area (Å²) < 4.78 is 47.1. The molecule has 3 aromatic carbocycles. The van der Waals surface area contributed by atoms with E-state index >= 15 is 0 Å². The van der Waals surface area contributed by atoms with Gasteiger partial charge in [0.1, 0.15) is 18.2 Å². The zero-order valence-electron chi connectivity index (χ0n) is 24.3. The Morgan fingerprint density at radius 2 is 1.77 bits per heavy atom. The Kier molecular flexibility index (Phi) is 7.82. The number of carbonyl (C=O) groups excluding carboxylic acids is 1. The van der Waals surface area contributed by atoms with Crippen LogP contribution < -0.4 is 15.4 Å². The van der Waals surface area contributed by atoms with Crippen molar-refractivity contribution in [2.75, 3.05) is 4.90 Å². The molecule has 5 nitrogen and oxygen atoms in total. The van der Waals surface area contributed by atoms with Gasteiger partial charge in [0, 0.05) is 28.4 Å². The molecule has 1 aliphatic carbocycles. The van der Waals surface area contributed by atoms with Gasteiger partial charge in [-0.05, 0) is 90.4 Å². The molecule has 9 heteroatoms. The fourth-order valence-corrected chi connectivity index (χ4v) is 6.14. The maximum atomic E-state index is 13.9. The second-order valence-electron chi connectivity index (χ2n) is 11.9. The van der Waals surface area contributed by atoms with Crippen LogP contribution in [0.4, 0.5) is 18.9 Å². The van der Waals surface area contributed by atoms with E-state index in [1.165, 1.54) is 17.0 Å². The van der Waals surface area contributed by atoms with Crippen LogP contribution in [0.15, 0.2) is 83.3 Å². The number of rotatable bonds is 5. The van der Waals surface area contributed by atoms with E-state index in [2.05, 4.69) is 6.07 Å². The van der Waals surface area contributed by atoms with E-state index in [9.17, 15) is 23.2 Å². The van der Waals surface area contributed by atoms with E-state index in [0.717, 1.165) is 34.4 Å². The number of aryl methyl sites for hydroxylation is 2. The molecule has 0 radical (unpaired) electrons. The first-order valence-electron chi connectivity index (χ1n) is 13.8. The molecule has 1 atom stereocenters. The van der Waals surface area contributed by atoms with E-state index in [1.54, 1.807) is 24.3 Å². The number of halogens is 4. The number of nitriles is 1. The number of anilines is 1. The summed E-state index contributed by atoms with van der Waals surface area (Å²) >= 11 is 6.00. The predicted octanol–water partition coefficient (Wildman–Crippen LogP) is 8.50. The van der Waals surface area contributed by atoms with Crippen LogP contribution >= 0.6 is 11.6 Å². The monoisotopic (exact) mass is 605 g/mol. The molecule has 2 N–H and O–H groups in total. The summed E-state index contributed by atoms with van der Waals surface area (Å²) in [6.07, 6.45) is -3.96. The highest BCUT2D eigenvalue weighted by atomic mass is 35.5. The normalized spacial score (nSPS) is 18.4. The van der Waals surface area contributed by atoms with Crippen LogP contribution in [0.25, 0.3) is 0 Å². The fourth-order valence-electron chi connectivity index (χ4n) is 6.01. The van der Waals surface area contributed by atoms with Gasteiger partial charge in [-0.25, -0.2) is 0 Å². The highest BCUT2D eigenvalue weighted by Crippen LogP contribution is 2.51. The van der Waals surface area contributed by atoms with Crippen molar-refractivity contribution < 1.29 is 22.7 Å². The van der Waals surface area contributed by atoms with Crippen molar-refractivity contribution >= 4 is 23.1 Å². The van der Waals surface area contributed by atoms with Crippen LogP contribution in [0, 0.1) is 30.6 Å². The van der Waals surface area contributed by atoms with Gasteiger partial charge in [0.05, 0.1) is 23.1 Å². The number of benzene rings is 3. The van der Waals surface area contributed by atoms with Crippen molar-refractivity contribution in [3.05, 3.63) is 116 Å².